The average Bonchev–Trinajstić information content (AvgIpc) is 3.06. The number of ketones is 2. The zero-order chi connectivity index (χ0) is 23.6. The predicted molar refractivity (Wildman–Crippen MR) is 129 cm³/mol. The summed E-state index contributed by atoms with van der Waals surface area (Å²) in [5.74, 6) is 2.47. The van der Waals surface area contributed by atoms with E-state index in [-0.39, 0.29) is 28.4 Å². The van der Waals surface area contributed by atoms with Crippen LogP contribution in [0.25, 0.3) is 0 Å². The molecule has 2 saturated carbocycles. The Hall–Kier alpha value is -1.22. The van der Waals surface area contributed by atoms with Gasteiger partial charge in [-0.25, -0.2) is 0 Å². The van der Waals surface area contributed by atoms with Gasteiger partial charge in [0.2, 0.25) is 0 Å². The molecule has 0 heterocycles. The Kier molecular flexibility index (Phi) is 6.14. The van der Waals surface area contributed by atoms with E-state index in [4.69, 9.17) is 0 Å². The lowest BCUT2D eigenvalue weighted by Gasteiger charge is -2.55. The van der Waals surface area contributed by atoms with Crippen LogP contribution in [0.3, 0.4) is 0 Å². The molecule has 0 saturated heterocycles. The summed E-state index contributed by atoms with van der Waals surface area (Å²) in [6, 6.07) is 0. The number of carbonyl (C=O) groups excluding carboxylic acids is 2. The monoisotopic (exact) mass is 440 g/mol. The van der Waals surface area contributed by atoms with E-state index in [2.05, 4.69) is 41.2 Å². The number of hydrogen-bond acceptors (Lipinski definition) is 3. The molecule has 4 rings (SSSR count). The highest BCUT2D eigenvalue weighted by atomic mass is 16.3. The molecular weight excluding hydrogens is 396 g/mol. The molecule has 0 bridgehead atoms. The highest BCUT2D eigenvalue weighted by Crippen LogP contribution is 2.65. The van der Waals surface area contributed by atoms with E-state index < -0.39 is 6.10 Å². The van der Waals surface area contributed by atoms with Crippen molar-refractivity contribution in [3.63, 3.8) is 0 Å². The summed E-state index contributed by atoms with van der Waals surface area (Å²) >= 11 is 0. The predicted octanol–water partition coefficient (Wildman–Crippen LogP) is 6.30. The molecule has 3 nitrogen and oxygen atoms in total. The SMILES string of the molecule is C=C(CC[C@@H](C)C1CCC2C3=C(C(=O)C[C@@]21C)[C@@]1(C)CCC(=O)[C@@H](C)C1CC3O)C(C)C. The lowest BCUT2D eigenvalue weighted by molar-refractivity contribution is -0.135. The van der Waals surface area contributed by atoms with E-state index in [1.807, 2.05) is 6.92 Å². The number of Topliss-reactive ketones (excluding diaryl/α,β-unsaturated/α-hetero) is 2. The maximum Gasteiger partial charge on any atom is 0.160 e. The summed E-state index contributed by atoms with van der Waals surface area (Å²) in [6.07, 6.45) is 6.41. The molecule has 8 atom stereocenters. The summed E-state index contributed by atoms with van der Waals surface area (Å²) in [7, 11) is 0. The van der Waals surface area contributed by atoms with E-state index in [1.165, 1.54) is 5.57 Å². The second kappa shape index (κ2) is 8.22. The molecule has 4 aliphatic rings. The lowest BCUT2D eigenvalue weighted by Crippen LogP contribution is -2.54. The zero-order valence-corrected chi connectivity index (χ0v) is 21.2. The number of carbonyl (C=O) groups is 2. The number of allylic oxidation sites excluding steroid dienone is 2. The van der Waals surface area contributed by atoms with E-state index in [1.54, 1.807) is 0 Å². The summed E-state index contributed by atoms with van der Waals surface area (Å²) in [6.45, 7) is 17.6. The molecule has 3 heteroatoms. The second-order valence-corrected chi connectivity index (χ2v) is 12.5. The molecule has 0 aromatic carbocycles. The molecule has 4 aliphatic carbocycles. The Morgan fingerprint density at radius 1 is 1.19 bits per heavy atom. The summed E-state index contributed by atoms with van der Waals surface area (Å²) in [5.41, 5.74) is 3.02. The zero-order valence-electron chi connectivity index (χ0n) is 21.2. The highest BCUT2D eigenvalue weighted by molar-refractivity contribution is 6.00. The average molecular weight is 441 g/mol. The first-order valence-corrected chi connectivity index (χ1v) is 13.1. The number of fused-ring (bicyclic) bond motifs is 4. The van der Waals surface area contributed by atoms with Gasteiger partial charge < -0.3 is 5.11 Å². The van der Waals surface area contributed by atoms with Crippen LogP contribution >= 0.6 is 0 Å². The van der Waals surface area contributed by atoms with Crippen LogP contribution in [0.5, 0.6) is 0 Å². The van der Waals surface area contributed by atoms with E-state index >= 15 is 0 Å². The molecule has 4 unspecified atom stereocenters. The third kappa shape index (κ3) is 3.49. The van der Waals surface area contributed by atoms with Crippen LogP contribution in [-0.2, 0) is 9.59 Å². The molecule has 0 aliphatic heterocycles. The third-order valence-corrected chi connectivity index (χ3v) is 10.5. The molecule has 1 N–H and O–H groups in total. The van der Waals surface area contributed by atoms with Gasteiger partial charge in [0, 0.05) is 29.7 Å². The van der Waals surface area contributed by atoms with Gasteiger partial charge in [-0.15, -0.1) is 0 Å². The maximum atomic E-state index is 13.8. The lowest BCUT2D eigenvalue weighted by atomic mass is 9.48. The number of hydrogen-bond donors (Lipinski definition) is 1. The summed E-state index contributed by atoms with van der Waals surface area (Å²) < 4.78 is 0. The Bertz CT molecular complexity index is 850. The van der Waals surface area contributed by atoms with Gasteiger partial charge in [-0.3, -0.25) is 9.59 Å². The van der Waals surface area contributed by atoms with E-state index in [9.17, 15) is 14.7 Å². The number of aliphatic hydroxyl groups excluding tert-OH is 1. The molecule has 32 heavy (non-hydrogen) atoms. The molecule has 0 aromatic heterocycles. The quantitative estimate of drug-likeness (QED) is 0.510. The molecular formula is C29H44O3. The van der Waals surface area contributed by atoms with Crippen molar-refractivity contribution in [1.82, 2.24) is 0 Å². The van der Waals surface area contributed by atoms with Crippen molar-refractivity contribution in [3.8, 4) is 0 Å². The van der Waals surface area contributed by atoms with Gasteiger partial charge in [0.1, 0.15) is 5.78 Å². The fourth-order valence-electron chi connectivity index (χ4n) is 8.40. The van der Waals surface area contributed by atoms with Crippen LogP contribution in [0.1, 0.15) is 92.9 Å². The van der Waals surface area contributed by atoms with Crippen molar-refractivity contribution >= 4 is 11.6 Å². The van der Waals surface area contributed by atoms with Crippen LogP contribution in [-0.4, -0.2) is 22.8 Å². The molecule has 0 radical (unpaired) electrons. The second-order valence-electron chi connectivity index (χ2n) is 12.5. The van der Waals surface area contributed by atoms with Crippen molar-refractivity contribution < 1.29 is 14.7 Å². The van der Waals surface area contributed by atoms with Crippen molar-refractivity contribution in [2.24, 2.45) is 46.3 Å². The first-order chi connectivity index (χ1) is 14.9. The molecule has 2 fully saturated rings. The van der Waals surface area contributed by atoms with Crippen molar-refractivity contribution in [3.05, 3.63) is 23.3 Å². The standard InChI is InChI=1S/C29H44O3/c1-16(2)17(3)8-9-18(4)20-10-11-21-26-24(31)14-22-19(5)23(30)12-13-28(22,6)27(26)25(32)15-29(20,21)7/h16,18-22,24,31H,3,8-15H2,1-2,4-7H3/t18-,19+,20?,21?,22?,24?,28+,29-/m1/s1. The van der Waals surface area contributed by atoms with Crippen LogP contribution < -0.4 is 0 Å². The highest BCUT2D eigenvalue weighted by Gasteiger charge is 2.61. The number of rotatable bonds is 5. The Morgan fingerprint density at radius 3 is 2.53 bits per heavy atom. The van der Waals surface area contributed by atoms with E-state index in [0.29, 0.717) is 48.7 Å². The Balaban J connectivity index is 1.65. The Morgan fingerprint density at radius 2 is 1.88 bits per heavy atom. The summed E-state index contributed by atoms with van der Waals surface area (Å²) in [5, 5.41) is 11.4. The molecule has 178 valence electrons. The maximum absolute atomic E-state index is 13.8. The van der Waals surface area contributed by atoms with Crippen molar-refractivity contribution in [1.29, 1.82) is 0 Å². The van der Waals surface area contributed by atoms with Crippen LogP contribution in [0.15, 0.2) is 23.3 Å². The first kappa shape index (κ1) is 23.9. The topological polar surface area (TPSA) is 54.4 Å². The van der Waals surface area contributed by atoms with Crippen LogP contribution in [0.2, 0.25) is 0 Å². The van der Waals surface area contributed by atoms with Gasteiger partial charge in [0.05, 0.1) is 6.10 Å². The fourth-order valence-corrected chi connectivity index (χ4v) is 8.40. The van der Waals surface area contributed by atoms with Gasteiger partial charge in [-0.1, -0.05) is 53.7 Å². The van der Waals surface area contributed by atoms with Crippen LogP contribution in [0.4, 0.5) is 0 Å². The van der Waals surface area contributed by atoms with Gasteiger partial charge in [0.25, 0.3) is 0 Å². The smallest absolute Gasteiger partial charge is 0.160 e. The molecule has 0 aromatic rings. The largest absolute Gasteiger partial charge is 0.389 e. The van der Waals surface area contributed by atoms with Crippen molar-refractivity contribution in [2.45, 2.75) is 99.0 Å². The molecule has 0 amide bonds. The first-order valence-electron chi connectivity index (χ1n) is 13.1. The minimum Gasteiger partial charge on any atom is -0.389 e. The number of aliphatic hydroxyl groups is 1. The Labute approximate surface area is 195 Å². The van der Waals surface area contributed by atoms with Gasteiger partial charge in [0.15, 0.2) is 5.78 Å². The molecule has 0 spiro atoms. The fraction of sp³-hybridized carbons (Fsp3) is 0.793. The van der Waals surface area contributed by atoms with Crippen LogP contribution in [0, 0.1) is 46.3 Å². The van der Waals surface area contributed by atoms with Crippen molar-refractivity contribution in [2.75, 3.05) is 0 Å². The van der Waals surface area contributed by atoms with E-state index in [0.717, 1.165) is 43.3 Å². The van der Waals surface area contributed by atoms with Gasteiger partial charge in [-0.05, 0) is 79.1 Å². The summed E-state index contributed by atoms with van der Waals surface area (Å²) in [4.78, 5) is 26.3. The minimum atomic E-state index is -0.570. The third-order valence-electron chi connectivity index (χ3n) is 10.5. The van der Waals surface area contributed by atoms with Gasteiger partial charge in [-0.2, -0.15) is 0 Å². The minimum absolute atomic E-state index is 0.0607. The normalized spacial score (nSPS) is 42.6. The van der Waals surface area contributed by atoms with Gasteiger partial charge >= 0.3 is 0 Å².